The van der Waals surface area contributed by atoms with E-state index in [0.29, 0.717) is 42.0 Å². The van der Waals surface area contributed by atoms with Crippen molar-refractivity contribution in [1.29, 1.82) is 5.26 Å². The Morgan fingerprint density at radius 3 is 2.60 bits per heavy atom. The lowest BCUT2D eigenvalue weighted by Gasteiger charge is -2.54. The lowest BCUT2D eigenvalue weighted by Crippen LogP contribution is -2.60. The van der Waals surface area contributed by atoms with Crippen LogP contribution in [0, 0.1) is 23.7 Å². The Kier molecular flexibility index (Phi) is 8.09. The lowest BCUT2D eigenvalue weighted by molar-refractivity contribution is -0.149. The van der Waals surface area contributed by atoms with Gasteiger partial charge in [-0.1, -0.05) is 12.1 Å². The third-order valence-electron chi connectivity index (χ3n) is 10.3. The number of aromatic nitrogens is 3. The largest absolute Gasteiger partial charge is 0.393 e. The van der Waals surface area contributed by atoms with Crippen LogP contribution in [0.2, 0.25) is 0 Å². The average Bonchev–Trinajstić information content (AvgIpc) is 3.39. The number of rotatable bonds is 7. The summed E-state index contributed by atoms with van der Waals surface area (Å²) in [5, 5.41) is 11.7. The minimum absolute atomic E-state index is 0.00108. The fourth-order valence-electron chi connectivity index (χ4n) is 7.62. The van der Waals surface area contributed by atoms with E-state index in [4.69, 9.17) is 4.74 Å². The molecule has 12 heteroatoms. The van der Waals surface area contributed by atoms with Gasteiger partial charge in [0.05, 0.1) is 24.6 Å². The summed E-state index contributed by atoms with van der Waals surface area (Å²) in [6.07, 6.45) is -1.82. The minimum Gasteiger partial charge on any atom is -0.365 e. The Morgan fingerprint density at radius 1 is 1.09 bits per heavy atom. The second-order valence-electron chi connectivity index (χ2n) is 13.4. The van der Waals surface area contributed by atoms with E-state index in [2.05, 4.69) is 44.9 Å². The molecule has 1 unspecified atom stereocenters. The van der Waals surface area contributed by atoms with Crippen molar-refractivity contribution in [2.45, 2.75) is 58.5 Å². The molecule has 47 heavy (non-hydrogen) atoms. The van der Waals surface area contributed by atoms with Crippen molar-refractivity contribution in [3.8, 4) is 6.07 Å². The number of fused-ring (bicyclic) bond motifs is 2. The second kappa shape index (κ2) is 12.1. The number of nitrogens with zero attached hydrogens (tertiary/aromatic N) is 7. The van der Waals surface area contributed by atoms with Crippen LogP contribution in [0.1, 0.15) is 42.1 Å². The number of benzene rings is 2. The number of likely N-dealkylation sites (tertiary alicyclic amines) is 1. The van der Waals surface area contributed by atoms with E-state index in [1.165, 1.54) is 23.5 Å². The molecule has 3 saturated heterocycles. The van der Waals surface area contributed by atoms with Crippen molar-refractivity contribution in [3.05, 3.63) is 65.1 Å². The molecule has 3 fully saturated rings. The molecule has 2 aromatic carbocycles. The number of anilines is 1. The van der Waals surface area contributed by atoms with E-state index < -0.39 is 12.6 Å². The van der Waals surface area contributed by atoms with E-state index in [1.807, 2.05) is 17.6 Å². The zero-order valence-corrected chi connectivity index (χ0v) is 26.7. The second-order valence-corrected chi connectivity index (χ2v) is 13.4. The predicted octanol–water partition coefficient (Wildman–Crippen LogP) is 5.22. The van der Waals surface area contributed by atoms with Gasteiger partial charge < -0.3 is 19.1 Å². The van der Waals surface area contributed by atoms with E-state index in [-0.39, 0.29) is 29.6 Å². The summed E-state index contributed by atoms with van der Waals surface area (Å²) in [6.45, 7) is 10.2. The quantitative estimate of drug-likeness (QED) is 0.272. The number of carbonyl (C=O) groups excluding carboxylic acids is 1. The molecular weight excluding hydrogens is 607 g/mol. The Morgan fingerprint density at radius 2 is 1.87 bits per heavy atom. The number of morpholine rings is 1. The highest BCUT2D eigenvalue weighted by Crippen LogP contribution is 2.44. The van der Waals surface area contributed by atoms with Crippen LogP contribution < -0.4 is 4.90 Å². The van der Waals surface area contributed by atoms with Crippen LogP contribution in [0.15, 0.2) is 42.7 Å². The standard InChI is InChI=1S/C35H38F3N7O2/c1-3-43-17-27(47-19-32(43)46)18-45-26(15-39)13-28-23(2)25(5-7-31(28)45)16-42-10-8-34(9-11-42)20-44(21-34)33-29-12-24(14-35(36,37)38)4-6-30(29)40-22-41-33/h4-7,12-13,22,27H,3,8-11,14,16-21H2,1-2H3. The van der Waals surface area contributed by atoms with Crippen LogP contribution in [-0.4, -0.2) is 88.4 Å². The van der Waals surface area contributed by atoms with Crippen molar-refractivity contribution in [2.75, 3.05) is 50.8 Å². The molecule has 0 aliphatic carbocycles. The molecule has 3 aliphatic rings. The van der Waals surface area contributed by atoms with Crippen molar-refractivity contribution in [2.24, 2.45) is 5.41 Å². The summed E-state index contributed by atoms with van der Waals surface area (Å²) in [6, 6.07) is 13.3. The van der Waals surface area contributed by atoms with Gasteiger partial charge in [-0.15, -0.1) is 0 Å². The van der Waals surface area contributed by atoms with Crippen LogP contribution in [0.25, 0.3) is 21.8 Å². The first-order valence-corrected chi connectivity index (χ1v) is 16.2. The SMILES string of the molecule is CCN1CC(Cn2c(C#N)cc3c(C)c(CN4CCC5(CC4)CN(c4ncnc6ccc(CC(F)(F)F)cc46)C5)ccc32)OCC1=O. The van der Waals surface area contributed by atoms with Gasteiger partial charge in [0.25, 0.3) is 0 Å². The van der Waals surface area contributed by atoms with Crippen molar-refractivity contribution < 1.29 is 22.7 Å². The Labute approximate surface area is 271 Å². The van der Waals surface area contributed by atoms with Gasteiger partial charge >= 0.3 is 6.18 Å². The fraction of sp³-hybridized carbons (Fsp3) is 0.486. The molecule has 7 rings (SSSR count). The molecule has 0 bridgehead atoms. The molecular formula is C35H38F3N7O2. The van der Waals surface area contributed by atoms with Gasteiger partial charge in [-0.3, -0.25) is 9.69 Å². The van der Waals surface area contributed by atoms with E-state index in [1.54, 1.807) is 17.0 Å². The first kappa shape index (κ1) is 31.4. The Bertz CT molecular complexity index is 1870. The van der Waals surface area contributed by atoms with Crippen LogP contribution in [0.5, 0.6) is 0 Å². The zero-order valence-electron chi connectivity index (χ0n) is 26.7. The van der Waals surface area contributed by atoms with Gasteiger partial charge in [-0.05, 0) is 80.7 Å². The molecule has 3 aliphatic heterocycles. The topological polar surface area (TPSA) is 90.5 Å². The maximum Gasteiger partial charge on any atom is 0.393 e. The number of amides is 1. The summed E-state index contributed by atoms with van der Waals surface area (Å²) >= 11 is 0. The molecule has 9 nitrogen and oxygen atoms in total. The number of halogens is 3. The summed E-state index contributed by atoms with van der Waals surface area (Å²) in [5.41, 5.74) is 5.05. The molecule has 0 saturated carbocycles. The molecule has 5 heterocycles. The molecule has 2 aromatic heterocycles. The molecule has 1 atom stereocenters. The number of nitriles is 1. The van der Waals surface area contributed by atoms with Crippen LogP contribution in [0.4, 0.5) is 19.0 Å². The number of piperidine rings is 1. The number of ether oxygens (including phenoxy) is 1. The molecule has 1 amide bonds. The van der Waals surface area contributed by atoms with Crippen molar-refractivity contribution >= 4 is 33.5 Å². The van der Waals surface area contributed by atoms with E-state index in [9.17, 15) is 23.2 Å². The third-order valence-corrected chi connectivity index (χ3v) is 10.3. The lowest BCUT2D eigenvalue weighted by atomic mass is 9.72. The van der Waals surface area contributed by atoms with Crippen molar-refractivity contribution in [3.63, 3.8) is 0 Å². The maximum atomic E-state index is 13.0. The summed E-state index contributed by atoms with van der Waals surface area (Å²) < 4.78 is 47.0. The Balaban J connectivity index is 1.00. The summed E-state index contributed by atoms with van der Waals surface area (Å²) in [4.78, 5) is 27.3. The number of alkyl halides is 3. The predicted molar refractivity (Wildman–Crippen MR) is 172 cm³/mol. The van der Waals surface area contributed by atoms with Crippen LogP contribution in [-0.2, 0) is 29.0 Å². The van der Waals surface area contributed by atoms with Gasteiger partial charge in [-0.2, -0.15) is 18.4 Å². The Hall–Kier alpha value is -4.21. The molecule has 4 aromatic rings. The third kappa shape index (κ3) is 6.14. The summed E-state index contributed by atoms with van der Waals surface area (Å²) in [7, 11) is 0. The summed E-state index contributed by atoms with van der Waals surface area (Å²) in [5.74, 6) is 0.715. The number of carbonyl (C=O) groups is 1. The number of likely N-dealkylation sites (N-methyl/N-ethyl adjacent to an activating group) is 1. The highest BCUT2D eigenvalue weighted by Gasteiger charge is 2.45. The van der Waals surface area contributed by atoms with Crippen molar-refractivity contribution in [1.82, 2.24) is 24.3 Å². The minimum atomic E-state index is -4.27. The smallest absolute Gasteiger partial charge is 0.365 e. The molecule has 0 N–H and O–H groups in total. The van der Waals surface area contributed by atoms with Gasteiger partial charge in [-0.25, -0.2) is 9.97 Å². The van der Waals surface area contributed by atoms with Gasteiger partial charge in [0.1, 0.15) is 30.5 Å². The van der Waals surface area contributed by atoms with Gasteiger partial charge in [0.15, 0.2) is 0 Å². The number of aryl methyl sites for hydroxylation is 1. The highest BCUT2D eigenvalue weighted by atomic mass is 19.4. The number of hydrogen-bond donors (Lipinski definition) is 0. The van der Waals surface area contributed by atoms with E-state index in [0.717, 1.165) is 56.5 Å². The van der Waals surface area contributed by atoms with Crippen LogP contribution in [0.3, 0.4) is 0 Å². The monoisotopic (exact) mass is 645 g/mol. The molecule has 0 radical (unpaired) electrons. The zero-order chi connectivity index (χ0) is 32.9. The van der Waals surface area contributed by atoms with Gasteiger partial charge in [0.2, 0.25) is 5.91 Å². The first-order valence-electron chi connectivity index (χ1n) is 16.2. The first-order chi connectivity index (χ1) is 22.5. The highest BCUT2D eigenvalue weighted by molar-refractivity contribution is 5.90. The van der Waals surface area contributed by atoms with Gasteiger partial charge in [0, 0.05) is 54.4 Å². The molecule has 246 valence electrons. The molecule has 1 spiro atoms. The number of hydrogen-bond acceptors (Lipinski definition) is 7. The fourth-order valence-corrected chi connectivity index (χ4v) is 7.62. The average molecular weight is 646 g/mol. The van der Waals surface area contributed by atoms with Crippen LogP contribution >= 0.6 is 0 Å². The maximum absolute atomic E-state index is 13.0. The normalized spacial score (nSPS) is 20.3. The van der Waals surface area contributed by atoms with E-state index >= 15 is 0 Å².